The number of imide groups is 1. The second-order valence-electron chi connectivity index (χ2n) is 8.45. The molecule has 150 valence electrons. The van der Waals surface area contributed by atoms with Crippen LogP contribution in [0.4, 0.5) is 0 Å². The van der Waals surface area contributed by atoms with Gasteiger partial charge in [-0.2, -0.15) is 0 Å². The van der Waals surface area contributed by atoms with Crippen molar-refractivity contribution in [2.24, 2.45) is 11.8 Å². The smallest absolute Gasteiger partial charge is 0.312 e. The Hall–Kier alpha value is -2.17. The molecule has 1 aromatic rings. The van der Waals surface area contributed by atoms with Crippen molar-refractivity contribution in [1.29, 1.82) is 0 Å². The molecule has 1 heterocycles. The highest BCUT2D eigenvalue weighted by atomic mass is 16.5. The third-order valence-electron chi connectivity index (χ3n) is 6.66. The number of benzene rings is 1. The Morgan fingerprint density at radius 2 is 1.43 bits per heavy atom. The zero-order chi connectivity index (χ0) is 19.5. The summed E-state index contributed by atoms with van der Waals surface area (Å²) in [5.74, 6) is 0.222. The summed E-state index contributed by atoms with van der Waals surface area (Å²) in [4.78, 5) is 38.4. The largest absolute Gasteiger partial charge is 0.426 e. The van der Waals surface area contributed by atoms with E-state index in [-0.39, 0.29) is 36.6 Å². The second-order valence-corrected chi connectivity index (χ2v) is 8.45. The highest BCUT2D eigenvalue weighted by Gasteiger charge is 2.47. The maximum absolute atomic E-state index is 12.5. The lowest BCUT2D eigenvalue weighted by Gasteiger charge is -2.22. The van der Waals surface area contributed by atoms with E-state index in [4.69, 9.17) is 4.74 Å². The molecule has 28 heavy (non-hydrogen) atoms. The third kappa shape index (κ3) is 3.98. The first-order valence-corrected chi connectivity index (χ1v) is 10.8. The molecule has 3 fully saturated rings. The molecule has 2 atom stereocenters. The molecule has 0 aromatic heterocycles. The Labute approximate surface area is 166 Å². The molecule has 2 saturated carbocycles. The first-order chi connectivity index (χ1) is 13.6. The molecule has 1 saturated heterocycles. The van der Waals surface area contributed by atoms with Gasteiger partial charge in [0.2, 0.25) is 11.8 Å². The summed E-state index contributed by atoms with van der Waals surface area (Å²) in [5.41, 5.74) is 1.32. The van der Waals surface area contributed by atoms with E-state index in [2.05, 4.69) is 12.1 Å². The summed E-state index contributed by atoms with van der Waals surface area (Å²) < 4.78 is 5.42. The van der Waals surface area contributed by atoms with Crippen LogP contribution in [-0.2, 0) is 14.4 Å². The second kappa shape index (κ2) is 8.46. The molecule has 3 aliphatic rings. The molecule has 1 aromatic carbocycles. The normalized spacial score (nSPS) is 25.6. The molecule has 2 amide bonds. The van der Waals surface area contributed by atoms with Gasteiger partial charge in [-0.1, -0.05) is 44.2 Å². The van der Waals surface area contributed by atoms with Gasteiger partial charge in [0.1, 0.15) is 5.75 Å². The van der Waals surface area contributed by atoms with Crippen molar-refractivity contribution in [2.75, 3.05) is 6.54 Å². The molecule has 4 rings (SSSR count). The first-order valence-electron chi connectivity index (χ1n) is 10.8. The van der Waals surface area contributed by atoms with Gasteiger partial charge in [0, 0.05) is 6.54 Å². The molecule has 1 aliphatic heterocycles. The number of ether oxygens (including phenoxy) is 1. The average molecular weight is 383 g/mol. The van der Waals surface area contributed by atoms with Crippen molar-refractivity contribution in [3.8, 4) is 5.75 Å². The van der Waals surface area contributed by atoms with Crippen LogP contribution < -0.4 is 4.74 Å². The number of hydrogen-bond acceptors (Lipinski definition) is 4. The molecule has 0 spiro atoms. The summed E-state index contributed by atoms with van der Waals surface area (Å²) in [7, 11) is 0. The number of esters is 1. The SMILES string of the molecule is O=C(CCN1C(=O)[C@@H]2CCCC[C@H]2C1=O)Oc1ccc(C2CCCCC2)cc1. The number of fused-ring (bicyclic) bond motifs is 1. The van der Waals surface area contributed by atoms with Gasteiger partial charge in [0.15, 0.2) is 0 Å². The van der Waals surface area contributed by atoms with Gasteiger partial charge in [-0.25, -0.2) is 0 Å². The van der Waals surface area contributed by atoms with Crippen molar-refractivity contribution in [3.05, 3.63) is 29.8 Å². The molecule has 0 bridgehead atoms. The first kappa shape index (κ1) is 19.2. The molecular weight excluding hydrogens is 354 g/mol. The fourth-order valence-corrected chi connectivity index (χ4v) is 5.08. The Kier molecular flexibility index (Phi) is 5.79. The Balaban J connectivity index is 1.28. The standard InChI is InChI=1S/C23H29NO4/c25-21(14-15-24-22(26)19-8-4-5-9-20(19)23(24)27)28-18-12-10-17(11-13-18)16-6-2-1-3-7-16/h10-13,16,19-20H,1-9,14-15H2/t19-,20-/m1/s1. The highest BCUT2D eigenvalue weighted by Crippen LogP contribution is 2.38. The highest BCUT2D eigenvalue weighted by molar-refractivity contribution is 6.05. The lowest BCUT2D eigenvalue weighted by Crippen LogP contribution is -2.33. The quantitative estimate of drug-likeness (QED) is 0.434. The fraction of sp³-hybridized carbons (Fsp3) is 0.609. The van der Waals surface area contributed by atoms with Crippen LogP contribution in [0, 0.1) is 11.8 Å². The molecule has 5 nitrogen and oxygen atoms in total. The average Bonchev–Trinajstić information content (AvgIpc) is 2.98. The monoisotopic (exact) mass is 383 g/mol. The van der Waals surface area contributed by atoms with Gasteiger partial charge in [0.05, 0.1) is 18.3 Å². The summed E-state index contributed by atoms with van der Waals surface area (Å²) in [6.07, 6.45) is 10.0. The van der Waals surface area contributed by atoms with Crippen molar-refractivity contribution >= 4 is 17.8 Å². The zero-order valence-corrected chi connectivity index (χ0v) is 16.4. The third-order valence-corrected chi connectivity index (χ3v) is 6.66. The van der Waals surface area contributed by atoms with Crippen molar-refractivity contribution in [1.82, 2.24) is 4.90 Å². The predicted molar refractivity (Wildman–Crippen MR) is 105 cm³/mol. The maximum Gasteiger partial charge on any atom is 0.312 e. The van der Waals surface area contributed by atoms with Gasteiger partial charge in [-0.3, -0.25) is 19.3 Å². The predicted octanol–water partition coefficient (Wildman–Crippen LogP) is 4.21. The minimum absolute atomic E-state index is 0.0430. The molecule has 0 radical (unpaired) electrons. The van der Waals surface area contributed by atoms with E-state index in [0.717, 1.165) is 25.7 Å². The van der Waals surface area contributed by atoms with Crippen molar-refractivity contribution in [3.63, 3.8) is 0 Å². The van der Waals surface area contributed by atoms with E-state index in [1.165, 1.54) is 42.6 Å². The number of rotatable bonds is 5. The summed E-state index contributed by atoms with van der Waals surface area (Å²) in [5, 5.41) is 0. The Bertz CT molecular complexity index is 711. The number of carbonyl (C=O) groups excluding carboxylic acids is 3. The van der Waals surface area contributed by atoms with Crippen LogP contribution in [0.2, 0.25) is 0 Å². The van der Waals surface area contributed by atoms with E-state index in [9.17, 15) is 14.4 Å². The van der Waals surface area contributed by atoms with E-state index in [0.29, 0.717) is 11.7 Å². The van der Waals surface area contributed by atoms with Crippen LogP contribution >= 0.6 is 0 Å². The number of amides is 2. The Morgan fingerprint density at radius 3 is 2.04 bits per heavy atom. The maximum atomic E-state index is 12.5. The van der Waals surface area contributed by atoms with E-state index in [1.807, 2.05) is 12.1 Å². The lowest BCUT2D eigenvalue weighted by atomic mass is 9.81. The number of nitrogens with zero attached hydrogens (tertiary/aromatic N) is 1. The minimum Gasteiger partial charge on any atom is -0.426 e. The summed E-state index contributed by atoms with van der Waals surface area (Å²) in [6.45, 7) is 0.129. The van der Waals surface area contributed by atoms with Crippen LogP contribution in [0.25, 0.3) is 0 Å². The lowest BCUT2D eigenvalue weighted by molar-refractivity contribution is -0.141. The van der Waals surface area contributed by atoms with Crippen molar-refractivity contribution < 1.29 is 19.1 Å². The van der Waals surface area contributed by atoms with Crippen LogP contribution in [0.15, 0.2) is 24.3 Å². The molecule has 5 heteroatoms. The fourth-order valence-electron chi connectivity index (χ4n) is 5.08. The zero-order valence-electron chi connectivity index (χ0n) is 16.4. The molecular formula is C23H29NO4. The Morgan fingerprint density at radius 1 is 0.857 bits per heavy atom. The number of likely N-dealkylation sites (tertiary alicyclic amines) is 1. The van der Waals surface area contributed by atoms with Gasteiger partial charge in [0.25, 0.3) is 0 Å². The van der Waals surface area contributed by atoms with E-state index >= 15 is 0 Å². The molecule has 0 N–H and O–H groups in total. The minimum atomic E-state index is -0.402. The number of carbonyl (C=O) groups is 3. The number of hydrogen-bond donors (Lipinski definition) is 0. The van der Waals surface area contributed by atoms with E-state index in [1.54, 1.807) is 0 Å². The van der Waals surface area contributed by atoms with Crippen LogP contribution in [0.3, 0.4) is 0 Å². The van der Waals surface area contributed by atoms with Crippen LogP contribution in [-0.4, -0.2) is 29.2 Å². The van der Waals surface area contributed by atoms with Crippen LogP contribution in [0.5, 0.6) is 5.75 Å². The summed E-state index contributed by atoms with van der Waals surface area (Å²) in [6, 6.07) is 7.80. The summed E-state index contributed by atoms with van der Waals surface area (Å²) >= 11 is 0. The molecule has 0 unspecified atom stereocenters. The van der Waals surface area contributed by atoms with Gasteiger partial charge in [-0.15, -0.1) is 0 Å². The van der Waals surface area contributed by atoms with Crippen LogP contribution in [0.1, 0.15) is 75.7 Å². The topological polar surface area (TPSA) is 63.7 Å². The molecule has 2 aliphatic carbocycles. The van der Waals surface area contributed by atoms with Gasteiger partial charge in [-0.05, 0) is 49.3 Å². The van der Waals surface area contributed by atoms with Crippen molar-refractivity contribution in [2.45, 2.75) is 70.1 Å². The van der Waals surface area contributed by atoms with Gasteiger partial charge < -0.3 is 4.74 Å². The van der Waals surface area contributed by atoms with E-state index < -0.39 is 5.97 Å². The van der Waals surface area contributed by atoms with Gasteiger partial charge >= 0.3 is 5.97 Å².